The third-order valence-corrected chi connectivity index (χ3v) is 4.90. The molecule has 1 aliphatic heterocycles. The maximum absolute atomic E-state index is 6.27. The number of morpholine rings is 1. The van der Waals surface area contributed by atoms with E-state index in [0.29, 0.717) is 5.92 Å². The minimum absolute atomic E-state index is 0.343. The van der Waals surface area contributed by atoms with Crippen molar-refractivity contribution in [1.82, 2.24) is 10.2 Å². The zero-order valence-corrected chi connectivity index (χ0v) is 13.8. The zero-order valence-electron chi connectivity index (χ0n) is 13.0. The molecule has 0 saturated carbocycles. The van der Waals surface area contributed by atoms with Gasteiger partial charge >= 0.3 is 0 Å². The fourth-order valence-electron chi connectivity index (χ4n) is 3.46. The van der Waals surface area contributed by atoms with E-state index in [-0.39, 0.29) is 0 Å². The normalized spacial score (nSPS) is 21.8. The standard InChI is InChI=1S/C18H20ClN3O/c19-14-6-7-15-16(12-14)17(13-4-2-1-3-5-13)20-21-18(15)22-8-10-23-11-9-22/h2,4,6-7,12-13H,1,3,5,8-11H2. The quantitative estimate of drug-likeness (QED) is 0.782. The number of benzene rings is 1. The second kappa shape index (κ2) is 6.46. The summed E-state index contributed by atoms with van der Waals surface area (Å²) in [6.07, 6.45) is 8.01. The van der Waals surface area contributed by atoms with E-state index in [2.05, 4.69) is 33.3 Å². The Balaban J connectivity index is 1.84. The van der Waals surface area contributed by atoms with Gasteiger partial charge in [0.2, 0.25) is 0 Å². The smallest absolute Gasteiger partial charge is 0.159 e. The van der Waals surface area contributed by atoms with Crippen LogP contribution in [0.25, 0.3) is 10.8 Å². The number of anilines is 1. The van der Waals surface area contributed by atoms with Gasteiger partial charge in [-0.3, -0.25) is 0 Å². The minimum Gasteiger partial charge on any atom is -0.378 e. The van der Waals surface area contributed by atoms with Crippen molar-refractivity contribution in [3.8, 4) is 0 Å². The lowest BCUT2D eigenvalue weighted by molar-refractivity contribution is 0.122. The van der Waals surface area contributed by atoms with E-state index in [0.717, 1.165) is 66.5 Å². The van der Waals surface area contributed by atoms with Gasteiger partial charge < -0.3 is 9.64 Å². The Morgan fingerprint density at radius 2 is 2.00 bits per heavy atom. The van der Waals surface area contributed by atoms with Crippen LogP contribution in [0.5, 0.6) is 0 Å². The topological polar surface area (TPSA) is 38.2 Å². The van der Waals surface area contributed by atoms with Crippen molar-refractivity contribution in [2.24, 2.45) is 0 Å². The summed E-state index contributed by atoms with van der Waals surface area (Å²) in [4.78, 5) is 2.26. The first-order valence-electron chi connectivity index (χ1n) is 8.28. The van der Waals surface area contributed by atoms with Crippen LogP contribution in [0.2, 0.25) is 5.02 Å². The van der Waals surface area contributed by atoms with E-state index in [1.807, 2.05) is 12.1 Å². The Morgan fingerprint density at radius 3 is 2.78 bits per heavy atom. The van der Waals surface area contributed by atoms with Gasteiger partial charge in [0.1, 0.15) is 0 Å². The monoisotopic (exact) mass is 329 g/mol. The third kappa shape index (κ3) is 2.93. The molecule has 2 aliphatic rings. The van der Waals surface area contributed by atoms with Crippen molar-refractivity contribution in [3.63, 3.8) is 0 Å². The molecule has 0 bridgehead atoms. The molecular formula is C18H20ClN3O. The van der Waals surface area contributed by atoms with Crippen LogP contribution in [0.15, 0.2) is 30.4 Å². The maximum atomic E-state index is 6.27. The predicted octanol–water partition coefficient (Wildman–Crippen LogP) is 3.94. The van der Waals surface area contributed by atoms with Crippen LogP contribution < -0.4 is 4.90 Å². The van der Waals surface area contributed by atoms with Crippen molar-refractivity contribution < 1.29 is 4.74 Å². The van der Waals surface area contributed by atoms with Gasteiger partial charge in [0.25, 0.3) is 0 Å². The van der Waals surface area contributed by atoms with E-state index in [1.54, 1.807) is 0 Å². The fourth-order valence-corrected chi connectivity index (χ4v) is 3.63. The van der Waals surface area contributed by atoms with Crippen molar-refractivity contribution in [1.29, 1.82) is 0 Å². The summed E-state index contributed by atoms with van der Waals surface area (Å²) in [5, 5.41) is 12.2. The molecule has 0 N–H and O–H groups in total. The number of nitrogens with zero attached hydrogens (tertiary/aromatic N) is 3. The largest absolute Gasteiger partial charge is 0.378 e. The fraction of sp³-hybridized carbons (Fsp3) is 0.444. The SMILES string of the molecule is Clc1ccc2c(N3CCOCC3)nnc(C3C=CCCC3)c2c1. The first-order chi connectivity index (χ1) is 11.3. The van der Waals surface area contributed by atoms with Crippen LogP contribution in [-0.2, 0) is 4.74 Å². The molecule has 2 aromatic rings. The number of hydrogen-bond acceptors (Lipinski definition) is 4. The highest BCUT2D eigenvalue weighted by atomic mass is 35.5. The van der Waals surface area contributed by atoms with Crippen molar-refractivity contribution >= 4 is 28.2 Å². The lowest BCUT2D eigenvalue weighted by atomic mass is 9.90. The number of fused-ring (bicyclic) bond motifs is 1. The Hall–Kier alpha value is -1.65. The molecule has 2 heterocycles. The van der Waals surface area contributed by atoms with Gasteiger partial charge in [-0.2, -0.15) is 5.10 Å². The number of rotatable bonds is 2. The molecule has 1 aromatic carbocycles. The number of allylic oxidation sites excluding steroid dienone is 2. The average Bonchev–Trinajstić information content (AvgIpc) is 2.62. The molecule has 5 heteroatoms. The number of hydrogen-bond donors (Lipinski definition) is 0. The lowest BCUT2D eigenvalue weighted by Gasteiger charge is -2.29. The van der Waals surface area contributed by atoms with Crippen LogP contribution in [0.4, 0.5) is 5.82 Å². The van der Waals surface area contributed by atoms with E-state index < -0.39 is 0 Å². The maximum Gasteiger partial charge on any atom is 0.159 e. The second-order valence-electron chi connectivity index (χ2n) is 6.16. The summed E-state index contributed by atoms with van der Waals surface area (Å²) in [5.41, 5.74) is 1.05. The minimum atomic E-state index is 0.343. The summed E-state index contributed by atoms with van der Waals surface area (Å²) in [6, 6.07) is 6.05. The molecule has 1 saturated heterocycles. The summed E-state index contributed by atoms with van der Waals surface area (Å²) in [6.45, 7) is 3.19. The van der Waals surface area contributed by atoms with Gasteiger partial charge in [-0.05, 0) is 37.5 Å². The van der Waals surface area contributed by atoms with Gasteiger partial charge in [0.15, 0.2) is 5.82 Å². The van der Waals surface area contributed by atoms with E-state index in [9.17, 15) is 0 Å². The number of halogens is 1. The molecule has 1 aromatic heterocycles. The van der Waals surface area contributed by atoms with Crippen LogP contribution in [0, 0.1) is 0 Å². The van der Waals surface area contributed by atoms with Gasteiger partial charge in [0.05, 0.1) is 18.9 Å². The highest BCUT2D eigenvalue weighted by molar-refractivity contribution is 6.31. The van der Waals surface area contributed by atoms with Crippen LogP contribution >= 0.6 is 11.6 Å². The Labute approximate surface area is 141 Å². The third-order valence-electron chi connectivity index (χ3n) is 4.67. The average molecular weight is 330 g/mol. The van der Waals surface area contributed by atoms with Crippen LogP contribution in [0.3, 0.4) is 0 Å². The van der Waals surface area contributed by atoms with E-state index in [4.69, 9.17) is 16.3 Å². The van der Waals surface area contributed by atoms with Crippen molar-refractivity contribution in [3.05, 3.63) is 41.1 Å². The van der Waals surface area contributed by atoms with Gasteiger partial charge in [0, 0.05) is 34.8 Å². The molecule has 0 amide bonds. The van der Waals surface area contributed by atoms with Crippen molar-refractivity contribution in [2.45, 2.75) is 25.2 Å². The molecular weight excluding hydrogens is 310 g/mol. The van der Waals surface area contributed by atoms with Gasteiger partial charge in [-0.1, -0.05) is 23.8 Å². The summed E-state index contributed by atoms with van der Waals surface area (Å²) in [7, 11) is 0. The number of ether oxygens (including phenoxy) is 1. The second-order valence-corrected chi connectivity index (χ2v) is 6.60. The molecule has 4 nitrogen and oxygen atoms in total. The molecule has 1 fully saturated rings. The predicted molar refractivity (Wildman–Crippen MR) is 93.3 cm³/mol. The molecule has 23 heavy (non-hydrogen) atoms. The number of aromatic nitrogens is 2. The summed E-state index contributed by atoms with van der Waals surface area (Å²) in [5.74, 6) is 1.29. The zero-order chi connectivity index (χ0) is 15.6. The first-order valence-corrected chi connectivity index (χ1v) is 8.66. The summed E-state index contributed by atoms with van der Waals surface area (Å²) < 4.78 is 5.45. The van der Waals surface area contributed by atoms with Crippen molar-refractivity contribution in [2.75, 3.05) is 31.2 Å². The highest BCUT2D eigenvalue weighted by Gasteiger charge is 2.21. The molecule has 1 atom stereocenters. The molecule has 1 aliphatic carbocycles. The van der Waals surface area contributed by atoms with E-state index in [1.165, 1.54) is 6.42 Å². The van der Waals surface area contributed by atoms with Crippen LogP contribution in [-0.4, -0.2) is 36.5 Å². The van der Waals surface area contributed by atoms with E-state index >= 15 is 0 Å². The molecule has 0 radical (unpaired) electrons. The first kappa shape index (κ1) is 14.9. The van der Waals surface area contributed by atoms with Gasteiger partial charge in [-0.15, -0.1) is 5.10 Å². The Morgan fingerprint density at radius 1 is 1.13 bits per heavy atom. The Kier molecular flexibility index (Phi) is 4.19. The lowest BCUT2D eigenvalue weighted by Crippen LogP contribution is -2.37. The highest BCUT2D eigenvalue weighted by Crippen LogP contribution is 2.35. The summed E-state index contributed by atoms with van der Waals surface area (Å²) >= 11 is 6.27. The molecule has 1 unspecified atom stereocenters. The van der Waals surface area contributed by atoms with Gasteiger partial charge in [-0.25, -0.2) is 0 Å². The molecule has 4 rings (SSSR count). The Bertz CT molecular complexity index is 740. The molecule has 0 spiro atoms. The van der Waals surface area contributed by atoms with Crippen LogP contribution in [0.1, 0.15) is 30.9 Å². The molecule has 120 valence electrons.